The van der Waals surface area contributed by atoms with Crippen LogP contribution in [0.1, 0.15) is 5.56 Å². The summed E-state index contributed by atoms with van der Waals surface area (Å²) in [6, 6.07) is 6.23. The lowest BCUT2D eigenvalue weighted by atomic mass is 10.1. The number of nitrogens with zero attached hydrogens (tertiary/aromatic N) is 2. The van der Waals surface area contributed by atoms with Gasteiger partial charge < -0.3 is 4.98 Å². The third-order valence-corrected chi connectivity index (χ3v) is 3.64. The van der Waals surface area contributed by atoms with Crippen LogP contribution in [-0.2, 0) is 0 Å². The first-order valence-corrected chi connectivity index (χ1v) is 7.41. The van der Waals surface area contributed by atoms with Crippen LogP contribution in [0.25, 0.3) is 11.3 Å². The maximum Gasteiger partial charge on any atom is 0.270 e. The van der Waals surface area contributed by atoms with E-state index in [1.807, 2.05) is 22.6 Å². The van der Waals surface area contributed by atoms with Crippen molar-refractivity contribution in [2.75, 3.05) is 6.26 Å². The second-order valence-corrected chi connectivity index (χ2v) is 5.58. The number of nitriles is 1. The molecule has 0 aliphatic carbocycles. The molecular formula is C12H7FIN3OS. The van der Waals surface area contributed by atoms with Gasteiger partial charge in [0.25, 0.3) is 5.56 Å². The molecule has 2 rings (SSSR count). The van der Waals surface area contributed by atoms with Crippen LogP contribution in [0.15, 0.2) is 28.2 Å². The lowest BCUT2D eigenvalue weighted by Gasteiger charge is -2.06. The van der Waals surface area contributed by atoms with Crippen molar-refractivity contribution in [2.24, 2.45) is 0 Å². The molecule has 0 spiro atoms. The first-order valence-electron chi connectivity index (χ1n) is 5.10. The minimum Gasteiger partial charge on any atom is -0.300 e. The minimum absolute atomic E-state index is 0.0756. The summed E-state index contributed by atoms with van der Waals surface area (Å²) in [6.07, 6.45) is 1.74. The third-order valence-electron chi connectivity index (χ3n) is 2.39. The number of thioether (sulfide) groups is 1. The van der Waals surface area contributed by atoms with Gasteiger partial charge in [0.05, 0.1) is 5.69 Å². The summed E-state index contributed by atoms with van der Waals surface area (Å²) in [4.78, 5) is 18.4. The maximum absolute atomic E-state index is 13.9. The van der Waals surface area contributed by atoms with Gasteiger partial charge in [0.1, 0.15) is 17.4 Å². The Bertz CT molecular complexity index is 739. The largest absolute Gasteiger partial charge is 0.300 e. The molecule has 1 heterocycles. The average molecular weight is 387 g/mol. The van der Waals surface area contributed by atoms with E-state index in [4.69, 9.17) is 5.26 Å². The topological polar surface area (TPSA) is 69.5 Å². The third kappa shape index (κ3) is 2.79. The molecule has 0 amide bonds. The highest BCUT2D eigenvalue weighted by atomic mass is 127. The standard InChI is InChI=1S/C12H7FIN3OS/c1-19-12-16-10(8(5-15)11(18)17-12)7-4-6(14)2-3-9(7)13/h2-4H,1H3,(H,16,17,18). The van der Waals surface area contributed by atoms with Gasteiger partial charge in [-0.15, -0.1) is 0 Å². The molecule has 0 saturated carbocycles. The van der Waals surface area contributed by atoms with Crippen molar-refractivity contribution in [1.29, 1.82) is 5.26 Å². The SMILES string of the molecule is CSc1nc(-c2cc(I)ccc2F)c(C#N)c(=O)[nH]1. The second kappa shape index (κ2) is 5.71. The van der Waals surface area contributed by atoms with Crippen molar-refractivity contribution in [1.82, 2.24) is 9.97 Å². The van der Waals surface area contributed by atoms with Crippen LogP contribution in [0.5, 0.6) is 0 Å². The van der Waals surface area contributed by atoms with Crippen LogP contribution in [0.2, 0.25) is 0 Å². The smallest absolute Gasteiger partial charge is 0.270 e. The fourth-order valence-corrected chi connectivity index (χ4v) is 2.40. The fraction of sp³-hybridized carbons (Fsp3) is 0.0833. The predicted octanol–water partition coefficient (Wildman–Crippen LogP) is 2.77. The minimum atomic E-state index is -0.560. The summed E-state index contributed by atoms with van der Waals surface area (Å²) in [6.45, 7) is 0. The number of halogens is 2. The molecule has 1 N–H and O–H groups in total. The van der Waals surface area contributed by atoms with Crippen LogP contribution >= 0.6 is 34.4 Å². The van der Waals surface area contributed by atoms with Crippen molar-refractivity contribution in [3.63, 3.8) is 0 Å². The van der Waals surface area contributed by atoms with E-state index in [-0.39, 0.29) is 16.8 Å². The predicted molar refractivity (Wildman–Crippen MR) is 79.5 cm³/mol. The van der Waals surface area contributed by atoms with Gasteiger partial charge in [-0.2, -0.15) is 5.26 Å². The molecule has 0 radical (unpaired) electrons. The molecule has 0 aliphatic heterocycles. The van der Waals surface area contributed by atoms with Gasteiger partial charge in [0.15, 0.2) is 5.16 Å². The van der Waals surface area contributed by atoms with E-state index in [1.54, 1.807) is 24.5 Å². The highest BCUT2D eigenvalue weighted by Crippen LogP contribution is 2.25. The molecule has 1 aromatic carbocycles. The number of hydrogen-bond acceptors (Lipinski definition) is 4. The molecular weight excluding hydrogens is 380 g/mol. The molecule has 0 fully saturated rings. The zero-order chi connectivity index (χ0) is 14.0. The van der Waals surface area contributed by atoms with E-state index in [1.165, 1.54) is 17.8 Å². The number of hydrogen-bond donors (Lipinski definition) is 1. The van der Waals surface area contributed by atoms with Crippen LogP contribution in [0, 0.1) is 20.7 Å². The summed E-state index contributed by atoms with van der Waals surface area (Å²) in [5.74, 6) is -0.512. The van der Waals surface area contributed by atoms with Crippen LogP contribution in [-0.4, -0.2) is 16.2 Å². The van der Waals surface area contributed by atoms with Gasteiger partial charge in [-0.3, -0.25) is 4.79 Å². The number of benzene rings is 1. The van der Waals surface area contributed by atoms with Crippen molar-refractivity contribution >= 4 is 34.4 Å². The molecule has 0 atom stereocenters. The molecule has 96 valence electrons. The summed E-state index contributed by atoms with van der Waals surface area (Å²) >= 11 is 3.25. The Balaban J connectivity index is 2.81. The van der Waals surface area contributed by atoms with Crippen molar-refractivity contribution in [2.45, 2.75) is 5.16 Å². The van der Waals surface area contributed by atoms with Crippen LogP contribution in [0.3, 0.4) is 0 Å². The van der Waals surface area contributed by atoms with Gasteiger partial charge in [0.2, 0.25) is 0 Å². The van der Waals surface area contributed by atoms with E-state index in [0.29, 0.717) is 5.16 Å². The Kier molecular flexibility index (Phi) is 4.21. The van der Waals surface area contributed by atoms with E-state index < -0.39 is 11.4 Å². The van der Waals surface area contributed by atoms with Crippen molar-refractivity contribution in [3.05, 3.63) is 43.5 Å². The summed E-state index contributed by atoms with van der Waals surface area (Å²) in [5, 5.41) is 9.39. The van der Waals surface area contributed by atoms with Crippen LogP contribution in [0.4, 0.5) is 4.39 Å². The first-order chi connectivity index (χ1) is 9.06. The van der Waals surface area contributed by atoms with Gasteiger partial charge in [-0.25, -0.2) is 9.37 Å². The summed E-state index contributed by atoms with van der Waals surface area (Å²) in [7, 11) is 0. The molecule has 7 heteroatoms. The molecule has 2 aromatic rings. The molecule has 0 bridgehead atoms. The molecule has 19 heavy (non-hydrogen) atoms. The van der Waals surface area contributed by atoms with Gasteiger partial charge >= 0.3 is 0 Å². The van der Waals surface area contributed by atoms with E-state index in [9.17, 15) is 9.18 Å². The molecule has 4 nitrogen and oxygen atoms in total. The highest BCUT2D eigenvalue weighted by molar-refractivity contribution is 14.1. The molecule has 1 aromatic heterocycles. The molecule has 0 unspecified atom stereocenters. The van der Waals surface area contributed by atoms with Crippen LogP contribution < -0.4 is 5.56 Å². The Morgan fingerprint density at radius 2 is 2.26 bits per heavy atom. The average Bonchev–Trinajstić information content (AvgIpc) is 2.40. The number of nitrogens with one attached hydrogen (secondary N) is 1. The number of rotatable bonds is 2. The number of aromatic nitrogens is 2. The lowest BCUT2D eigenvalue weighted by molar-refractivity contribution is 0.630. The Labute approximate surface area is 126 Å². The number of H-pyrrole nitrogens is 1. The fourth-order valence-electron chi connectivity index (χ4n) is 1.53. The number of aromatic amines is 1. The summed E-state index contributed by atoms with van der Waals surface area (Å²) in [5.41, 5.74) is -0.509. The normalized spacial score (nSPS) is 10.2. The Morgan fingerprint density at radius 1 is 1.53 bits per heavy atom. The Morgan fingerprint density at radius 3 is 2.89 bits per heavy atom. The molecule has 0 saturated heterocycles. The quantitative estimate of drug-likeness (QED) is 0.489. The maximum atomic E-state index is 13.9. The van der Waals surface area contributed by atoms with Gasteiger partial charge in [-0.1, -0.05) is 11.8 Å². The zero-order valence-electron chi connectivity index (χ0n) is 9.70. The van der Waals surface area contributed by atoms with E-state index in [2.05, 4.69) is 9.97 Å². The van der Waals surface area contributed by atoms with Crippen molar-refractivity contribution in [3.8, 4) is 17.3 Å². The highest BCUT2D eigenvalue weighted by Gasteiger charge is 2.16. The van der Waals surface area contributed by atoms with E-state index >= 15 is 0 Å². The first kappa shape index (κ1) is 14.0. The Hall–Kier alpha value is -1.40. The molecule has 0 aliphatic rings. The summed E-state index contributed by atoms with van der Waals surface area (Å²) < 4.78 is 14.7. The monoisotopic (exact) mass is 387 g/mol. The van der Waals surface area contributed by atoms with E-state index in [0.717, 1.165) is 3.57 Å². The van der Waals surface area contributed by atoms with Gasteiger partial charge in [-0.05, 0) is 47.0 Å². The zero-order valence-corrected chi connectivity index (χ0v) is 12.7. The second-order valence-electron chi connectivity index (χ2n) is 3.53. The lowest BCUT2D eigenvalue weighted by Crippen LogP contribution is -2.15. The van der Waals surface area contributed by atoms with Crippen molar-refractivity contribution < 1.29 is 4.39 Å². The van der Waals surface area contributed by atoms with Gasteiger partial charge in [0, 0.05) is 9.13 Å².